The summed E-state index contributed by atoms with van der Waals surface area (Å²) in [6.07, 6.45) is 0. The van der Waals surface area contributed by atoms with Gasteiger partial charge in [-0.2, -0.15) is 0 Å². The third-order valence-corrected chi connectivity index (χ3v) is 3.21. The van der Waals surface area contributed by atoms with E-state index in [-0.39, 0.29) is 17.9 Å². The van der Waals surface area contributed by atoms with Gasteiger partial charge in [0.2, 0.25) is 5.69 Å². The van der Waals surface area contributed by atoms with Gasteiger partial charge >= 0.3 is 11.9 Å². The van der Waals surface area contributed by atoms with Gasteiger partial charge in [-0.3, -0.25) is 0 Å². The Balaban J connectivity index is 2.41. The first-order valence-electron chi connectivity index (χ1n) is 5.91. The van der Waals surface area contributed by atoms with Crippen LogP contribution in [0.3, 0.4) is 0 Å². The van der Waals surface area contributed by atoms with E-state index >= 15 is 0 Å². The minimum absolute atomic E-state index is 0.0377. The first-order valence-corrected chi connectivity index (χ1v) is 6.70. The lowest BCUT2D eigenvalue weighted by Gasteiger charge is -2.06. The van der Waals surface area contributed by atoms with Gasteiger partial charge in [0.1, 0.15) is 0 Å². The molecule has 110 valence electrons. The Kier molecular flexibility index (Phi) is 4.69. The van der Waals surface area contributed by atoms with Crippen molar-refractivity contribution in [3.63, 3.8) is 0 Å². The summed E-state index contributed by atoms with van der Waals surface area (Å²) < 4.78 is 11.5. The average molecular weight is 354 g/mol. The molecule has 0 fully saturated rings. The third kappa shape index (κ3) is 3.27. The topological polar surface area (TPSA) is 83.3 Å². The van der Waals surface area contributed by atoms with Crippen molar-refractivity contribution in [1.82, 2.24) is 15.0 Å². The molecule has 2 rings (SSSR count). The fraction of sp³-hybridized carbons (Fsp3) is 0.231. The summed E-state index contributed by atoms with van der Waals surface area (Å²) >= 11 is 3.37. The van der Waals surface area contributed by atoms with Crippen molar-refractivity contribution >= 4 is 27.9 Å². The van der Waals surface area contributed by atoms with Crippen LogP contribution >= 0.6 is 15.9 Å². The average Bonchev–Trinajstić information content (AvgIpc) is 2.89. The minimum Gasteiger partial charge on any atom is -0.464 e. The summed E-state index contributed by atoms with van der Waals surface area (Å²) in [4.78, 5) is 23.5. The third-order valence-electron chi connectivity index (χ3n) is 2.71. The van der Waals surface area contributed by atoms with Gasteiger partial charge in [0.05, 0.1) is 20.8 Å². The smallest absolute Gasteiger partial charge is 0.361 e. The predicted octanol–water partition coefficient (Wildman–Crippen LogP) is 1.66. The number of benzene rings is 1. The Morgan fingerprint density at radius 3 is 2.57 bits per heavy atom. The van der Waals surface area contributed by atoms with Gasteiger partial charge in [-0.15, -0.1) is 5.10 Å². The molecule has 0 N–H and O–H groups in total. The number of carbonyl (C=O) groups excluding carboxylic acids is 2. The Hall–Kier alpha value is -2.22. The van der Waals surface area contributed by atoms with Crippen molar-refractivity contribution in [1.29, 1.82) is 0 Å². The molecule has 0 bridgehead atoms. The number of halogens is 1. The molecule has 21 heavy (non-hydrogen) atoms. The zero-order valence-electron chi connectivity index (χ0n) is 11.4. The molecule has 1 aromatic carbocycles. The second kappa shape index (κ2) is 6.49. The van der Waals surface area contributed by atoms with Crippen molar-refractivity contribution in [3.8, 4) is 0 Å². The van der Waals surface area contributed by atoms with E-state index in [1.165, 1.54) is 18.9 Å². The molecule has 1 heterocycles. The van der Waals surface area contributed by atoms with E-state index in [0.29, 0.717) is 0 Å². The molecule has 0 aliphatic carbocycles. The molecule has 2 aromatic rings. The quantitative estimate of drug-likeness (QED) is 0.777. The SMILES string of the molecule is COC(=O)c1nnn(Cc2cccc(Br)c2)c1C(=O)OC. The highest BCUT2D eigenvalue weighted by molar-refractivity contribution is 9.10. The van der Waals surface area contributed by atoms with Crippen LogP contribution in [0, 0.1) is 0 Å². The Bertz CT molecular complexity index is 684. The molecule has 0 unspecified atom stereocenters. The second-order valence-electron chi connectivity index (χ2n) is 4.06. The Labute approximate surface area is 129 Å². The lowest BCUT2D eigenvalue weighted by Crippen LogP contribution is -2.17. The van der Waals surface area contributed by atoms with Crippen molar-refractivity contribution in [2.45, 2.75) is 6.54 Å². The molecule has 1 aromatic heterocycles. The first-order chi connectivity index (χ1) is 10.1. The second-order valence-corrected chi connectivity index (χ2v) is 4.97. The van der Waals surface area contributed by atoms with Crippen LogP contribution in [0.2, 0.25) is 0 Å². The standard InChI is InChI=1S/C13H12BrN3O4/c1-20-12(18)10-11(13(19)21-2)17(16-15-10)7-8-4-3-5-9(14)6-8/h3-6H,7H2,1-2H3. The largest absolute Gasteiger partial charge is 0.464 e. The Morgan fingerprint density at radius 2 is 1.95 bits per heavy atom. The lowest BCUT2D eigenvalue weighted by atomic mass is 10.2. The number of nitrogens with zero attached hydrogens (tertiary/aromatic N) is 3. The monoisotopic (exact) mass is 353 g/mol. The van der Waals surface area contributed by atoms with Gasteiger partial charge in [-0.05, 0) is 17.7 Å². The fourth-order valence-corrected chi connectivity index (χ4v) is 2.21. The van der Waals surface area contributed by atoms with Gasteiger partial charge in [-0.25, -0.2) is 14.3 Å². The summed E-state index contributed by atoms with van der Waals surface area (Å²) in [5, 5.41) is 7.53. The van der Waals surface area contributed by atoms with Crippen LogP contribution in [0.15, 0.2) is 28.7 Å². The summed E-state index contributed by atoms with van der Waals surface area (Å²) in [6.45, 7) is 0.272. The van der Waals surface area contributed by atoms with Crippen LogP contribution in [0.1, 0.15) is 26.5 Å². The number of hydrogen-bond donors (Lipinski definition) is 0. The van der Waals surface area contributed by atoms with E-state index in [9.17, 15) is 9.59 Å². The van der Waals surface area contributed by atoms with Gasteiger partial charge in [0.25, 0.3) is 0 Å². The molecular weight excluding hydrogens is 342 g/mol. The van der Waals surface area contributed by atoms with E-state index in [2.05, 4.69) is 35.7 Å². The number of methoxy groups -OCH3 is 2. The molecule has 0 aliphatic heterocycles. The number of ether oxygens (including phenoxy) is 2. The molecule has 0 atom stereocenters. The maximum absolute atomic E-state index is 11.9. The number of aromatic nitrogens is 3. The fourth-order valence-electron chi connectivity index (χ4n) is 1.76. The summed E-state index contributed by atoms with van der Waals surface area (Å²) in [7, 11) is 2.43. The highest BCUT2D eigenvalue weighted by atomic mass is 79.9. The number of esters is 2. The predicted molar refractivity (Wildman–Crippen MR) is 75.9 cm³/mol. The van der Waals surface area contributed by atoms with Crippen LogP contribution in [-0.4, -0.2) is 41.2 Å². The normalized spacial score (nSPS) is 10.2. The van der Waals surface area contributed by atoms with Crippen molar-refractivity contribution in [2.75, 3.05) is 14.2 Å². The number of hydrogen-bond acceptors (Lipinski definition) is 6. The van der Waals surface area contributed by atoms with E-state index in [1.54, 1.807) is 0 Å². The highest BCUT2D eigenvalue weighted by Gasteiger charge is 2.26. The Morgan fingerprint density at radius 1 is 1.24 bits per heavy atom. The van der Waals surface area contributed by atoms with Gasteiger partial charge in [-0.1, -0.05) is 33.3 Å². The van der Waals surface area contributed by atoms with Crippen molar-refractivity contribution in [2.24, 2.45) is 0 Å². The summed E-state index contributed by atoms with van der Waals surface area (Å²) in [5.74, 6) is -1.44. The van der Waals surface area contributed by atoms with Crippen LogP contribution in [-0.2, 0) is 16.0 Å². The maximum Gasteiger partial charge on any atom is 0.361 e. The summed E-state index contributed by atoms with van der Waals surface area (Å²) in [5.41, 5.74) is 0.680. The van der Waals surface area contributed by atoms with Gasteiger partial charge in [0, 0.05) is 4.47 Å². The zero-order chi connectivity index (χ0) is 15.4. The van der Waals surface area contributed by atoms with E-state index in [4.69, 9.17) is 0 Å². The van der Waals surface area contributed by atoms with Crippen LogP contribution < -0.4 is 0 Å². The van der Waals surface area contributed by atoms with Gasteiger partial charge < -0.3 is 9.47 Å². The maximum atomic E-state index is 11.9. The number of rotatable bonds is 4. The molecule has 0 spiro atoms. The molecule has 7 nitrogen and oxygen atoms in total. The van der Waals surface area contributed by atoms with E-state index in [0.717, 1.165) is 10.0 Å². The molecule has 0 saturated heterocycles. The molecule has 0 radical (unpaired) electrons. The first kappa shape index (κ1) is 15.2. The van der Waals surface area contributed by atoms with Crippen molar-refractivity contribution < 1.29 is 19.1 Å². The van der Waals surface area contributed by atoms with Crippen LogP contribution in [0.5, 0.6) is 0 Å². The molecule has 8 heteroatoms. The molecule has 0 saturated carbocycles. The molecule has 0 aliphatic rings. The van der Waals surface area contributed by atoms with Crippen LogP contribution in [0.4, 0.5) is 0 Å². The highest BCUT2D eigenvalue weighted by Crippen LogP contribution is 2.15. The summed E-state index contributed by atoms with van der Waals surface area (Å²) in [6, 6.07) is 7.48. The number of carbonyl (C=O) groups is 2. The van der Waals surface area contributed by atoms with Crippen molar-refractivity contribution in [3.05, 3.63) is 45.7 Å². The zero-order valence-corrected chi connectivity index (χ0v) is 13.0. The molecular formula is C13H12BrN3O4. The van der Waals surface area contributed by atoms with E-state index in [1.807, 2.05) is 24.3 Å². The van der Waals surface area contributed by atoms with Crippen LogP contribution in [0.25, 0.3) is 0 Å². The van der Waals surface area contributed by atoms with E-state index < -0.39 is 11.9 Å². The van der Waals surface area contributed by atoms with Gasteiger partial charge in [0.15, 0.2) is 5.69 Å². The minimum atomic E-state index is -0.740. The lowest BCUT2D eigenvalue weighted by molar-refractivity contribution is 0.0544. The molecule has 0 amide bonds.